The van der Waals surface area contributed by atoms with Crippen LogP contribution in [0.2, 0.25) is 0 Å². The second-order valence-electron chi connectivity index (χ2n) is 7.59. The van der Waals surface area contributed by atoms with Gasteiger partial charge in [-0.3, -0.25) is 4.79 Å². The molecule has 0 bridgehead atoms. The lowest BCUT2D eigenvalue weighted by Gasteiger charge is -2.20. The van der Waals surface area contributed by atoms with Crippen LogP contribution in [0.1, 0.15) is 49.4 Å². The molecule has 1 N–H and O–H groups in total. The summed E-state index contributed by atoms with van der Waals surface area (Å²) >= 11 is 1.30. The highest BCUT2D eigenvalue weighted by Gasteiger charge is 2.17. The predicted octanol–water partition coefficient (Wildman–Crippen LogP) is 3.91. The lowest BCUT2D eigenvalue weighted by molar-refractivity contribution is -0.119. The van der Waals surface area contributed by atoms with Crippen LogP contribution in [0, 0.1) is 0 Å². The van der Waals surface area contributed by atoms with Crippen LogP contribution in [0.25, 0.3) is 5.69 Å². The molecular formula is C23H27N5O2S. The summed E-state index contributed by atoms with van der Waals surface area (Å²) in [5.74, 6) is 0.874. The van der Waals surface area contributed by atoms with Gasteiger partial charge in [-0.15, -0.1) is 5.10 Å². The Hall–Kier alpha value is -2.87. The van der Waals surface area contributed by atoms with Crippen LogP contribution in [-0.4, -0.2) is 38.5 Å². The number of fused-ring (bicyclic) bond motifs is 1. The van der Waals surface area contributed by atoms with E-state index < -0.39 is 0 Å². The van der Waals surface area contributed by atoms with Crippen LogP contribution in [0.15, 0.2) is 47.6 Å². The van der Waals surface area contributed by atoms with Crippen molar-refractivity contribution in [1.82, 2.24) is 25.5 Å². The largest absolute Gasteiger partial charge is 0.492 e. The first kappa shape index (κ1) is 21.4. The Morgan fingerprint density at radius 1 is 1.19 bits per heavy atom. The molecule has 1 aromatic heterocycles. The smallest absolute Gasteiger partial charge is 0.230 e. The van der Waals surface area contributed by atoms with E-state index in [1.165, 1.54) is 35.7 Å². The first-order valence-corrected chi connectivity index (χ1v) is 11.7. The van der Waals surface area contributed by atoms with Crippen molar-refractivity contribution in [2.75, 3.05) is 12.4 Å². The van der Waals surface area contributed by atoms with Crippen molar-refractivity contribution in [3.05, 3.63) is 59.2 Å². The molecule has 8 heteroatoms. The molecule has 2 aromatic carbocycles. The number of amides is 1. The number of aryl methyl sites for hydroxylation is 2. The van der Waals surface area contributed by atoms with E-state index in [1.807, 2.05) is 38.1 Å². The molecule has 1 heterocycles. The number of benzene rings is 2. The van der Waals surface area contributed by atoms with Gasteiger partial charge in [0.05, 0.1) is 18.4 Å². The van der Waals surface area contributed by atoms with E-state index in [1.54, 1.807) is 4.68 Å². The fraction of sp³-hybridized carbons (Fsp3) is 0.391. The van der Waals surface area contributed by atoms with E-state index in [9.17, 15) is 4.79 Å². The minimum atomic E-state index is -0.0529. The third-order valence-corrected chi connectivity index (χ3v) is 6.34. The Labute approximate surface area is 186 Å². The van der Waals surface area contributed by atoms with Crippen molar-refractivity contribution in [3.63, 3.8) is 0 Å². The summed E-state index contributed by atoms with van der Waals surface area (Å²) < 4.78 is 7.28. The fourth-order valence-corrected chi connectivity index (χ4v) is 4.54. The number of nitrogens with zero attached hydrogens (tertiary/aromatic N) is 4. The quantitative estimate of drug-likeness (QED) is 0.538. The highest BCUT2D eigenvalue weighted by atomic mass is 32.2. The monoisotopic (exact) mass is 437 g/mol. The van der Waals surface area contributed by atoms with Gasteiger partial charge in [-0.25, -0.2) is 0 Å². The normalized spacial score (nSPS) is 14.0. The number of nitrogens with one attached hydrogen (secondary N) is 1. The molecule has 0 radical (unpaired) electrons. The van der Waals surface area contributed by atoms with Crippen molar-refractivity contribution < 1.29 is 9.53 Å². The summed E-state index contributed by atoms with van der Waals surface area (Å²) in [6, 6.07) is 14.1. The molecule has 0 aliphatic heterocycles. The first-order valence-electron chi connectivity index (χ1n) is 10.7. The van der Waals surface area contributed by atoms with E-state index in [0.717, 1.165) is 24.1 Å². The molecule has 0 fully saturated rings. The Balaban J connectivity index is 1.38. The van der Waals surface area contributed by atoms with Crippen LogP contribution in [0.4, 0.5) is 0 Å². The van der Waals surface area contributed by atoms with E-state index in [0.29, 0.717) is 17.5 Å². The lowest BCUT2D eigenvalue weighted by Crippen LogP contribution is -2.28. The number of para-hydroxylation sites is 2. The Kier molecular flexibility index (Phi) is 6.86. The molecule has 0 saturated heterocycles. The van der Waals surface area contributed by atoms with Gasteiger partial charge in [-0.2, -0.15) is 4.68 Å². The molecule has 0 saturated carbocycles. The van der Waals surface area contributed by atoms with Crippen LogP contribution < -0.4 is 10.1 Å². The molecule has 7 nitrogen and oxygen atoms in total. The third-order valence-electron chi connectivity index (χ3n) is 5.42. The summed E-state index contributed by atoms with van der Waals surface area (Å²) in [6.45, 7) is 4.50. The first-order chi connectivity index (χ1) is 15.2. The van der Waals surface area contributed by atoms with Crippen molar-refractivity contribution in [3.8, 4) is 11.4 Å². The standard InChI is InChI=1S/C23H27N5O2S/c1-3-30-21-11-7-6-10-20(21)28-23(25-26-27-28)31-15-22(29)24-16(2)18-13-12-17-8-4-5-9-19(17)14-18/h6-7,10-14,16H,3-5,8-9,15H2,1-2H3,(H,24,29). The zero-order chi connectivity index (χ0) is 21.6. The number of tetrazole rings is 1. The molecule has 0 spiro atoms. The molecule has 4 rings (SSSR count). The number of rotatable bonds is 8. The second-order valence-corrected chi connectivity index (χ2v) is 8.53. The van der Waals surface area contributed by atoms with Gasteiger partial charge < -0.3 is 10.1 Å². The molecular weight excluding hydrogens is 410 g/mol. The number of carbonyl (C=O) groups is 1. The molecule has 31 heavy (non-hydrogen) atoms. The zero-order valence-electron chi connectivity index (χ0n) is 17.9. The minimum absolute atomic E-state index is 0.0463. The van der Waals surface area contributed by atoms with E-state index >= 15 is 0 Å². The Bertz CT molecular complexity index is 1050. The van der Waals surface area contributed by atoms with Gasteiger partial charge in [0, 0.05) is 0 Å². The van der Waals surface area contributed by atoms with Crippen molar-refractivity contribution in [1.29, 1.82) is 0 Å². The van der Waals surface area contributed by atoms with Crippen LogP contribution in [-0.2, 0) is 17.6 Å². The van der Waals surface area contributed by atoms with Crippen molar-refractivity contribution in [2.24, 2.45) is 0 Å². The maximum atomic E-state index is 12.6. The van der Waals surface area contributed by atoms with Crippen LogP contribution in [0.5, 0.6) is 5.75 Å². The highest BCUT2D eigenvalue weighted by Crippen LogP contribution is 2.27. The summed E-state index contributed by atoms with van der Waals surface area (Å²) in [6.07, 6.45) is 4.80. The van der Waals surface area contributed by atoms with Gasteiger partial charge in [-0.05, 0) is 78.8 Å². The highest BCUT2D eigenvalue weighted by molar-refractivity contribution is 7.99. The Morgan fingerprint density at radius 3 is 2.84 bits per heavy atom. The number of ether oxygens (including phenoxy) is 1. The van der Waals surface area contributed by atoms with Crippen molar-refractivity contribution in [2.45, 2.75) is 50.7 Å². The molecule has 1 atom stereocenters. The summed E-state index contributed by atoms with van der Waals surface area (Å²) in [7, 11) is 0. The van der Waals surface area contributed by atoms with E-state index in [4.69, 9.17) is 4.74 Å². The van der Waals surface area contributed by atoms with Gasteiger partial charge in [0.15, 0.2) is 0 Å². The number of thioether (sulfide) groups is 1. The molecule has 162 valence electrons. The third kappa shape index (κ3) is 5.07. The lowest BCUT2D eigenvalue weighted by atomic mass is 9.89. The number of hydrogen-bond donors (Lipinski definition) is 1. The second kappa shape index (κ2) is 9.96. The predicted molar refractivity (Wildman–Crippen MR) is 121 cm³/mol. The van der Waals surface area contributed by atoms with Gasteiger partial charge in [-0.1, -0.05) is 42.1 Å². The van der Waals surface area contributed by atoms with Gasteiger partial charge in [0.2, 0.25) is 11.1 Å². The van der Waals surface area contributed by atoms with Crippen LogP contribution >= 0.6 is 11.8 Å². The molecule has 1 unspecified atom stereocenters. The van der Waals surface area contributed by atoms with Gasteiger partial charge in [0.1, 0.15) is 11.4 Å². The molecule has 3 aromatic rings. The zero-order valence-corrected chi connectivity index (χ0v) is 18.7. The van der Waals surface area contributed by atoms with E-state index in [2.05, 4.69) is 39.0 Å². The number of carbonyl (C=O) groups excluding carboxylic acids is 1. The van der Waals surface area contributed by atoms with Gasteiger partial charge >= 0.3 is 0 Å². The fourth-order valence-electron chi connectivity index (χ4n) is 3.85. The number of hydrogen-bond acceptors (Lipinski definition) is 6. The van der Waals surface area contributed by atoms with Gasteiger partial charge in [0.25, 0.3) is 0 Å². The molecule has 1 amide bonds. The maximum Gasteiger partial charge on any atom is 0.230 e. The molecule has 1 aliphatic carbocycles. The SMILES string of the molecule is CCOc1ccccc1-n1nnnc1SCC(=O)NC(C)c1ccc2c(c1)CCCC2. The topological polar surface area (TPSA) is 81.9 Å². The Morgan fingerprint density at radius 2 is 2.00 bits per heavy atom. The molecule has 1 aliphatic rings. The van der Waals surface area contributed by atoms with Crippen molar-refractivity contribution >= 4 is 17.7 Å². The van der Waals surface area contributed by atoms with Crippen LogP contribution in [0.3, 0.4) is 0 Å². The summed E-state index contributed by atoms with van der Waals surface area (Å²) in [4.78, 5) is 12.6. The summed E-state index contributed by atoms with van der Waals surface area (Å²) in [5, 5.41) is 15.6. The average Bonchev–Trinajstić information content (AvgIpc) is 3.26. The number of aromatic nitrogens is 4. The van der Waals surface area contributed by atoms with E-state index in [-0.39, 0.29) is 17.7 Å². The maximum absolute atomic E-state index is 12.6. The minimum Gasteiger partial charge on any atom is -0.492 e. The summed E-state index contributed by atoms with van der Waals surface area (Å²) in [5.41, 5.74) is 4.77. The average molecular weight is 438 g/mol.